The van der Waals surface area contributed by atoms with Gasteiger partial charge in [0.2, 0.25) is 5.91 Å². The van der Waals surface area contributed by atoms with E-state index in [1.165, 1.54) is 0 Å². The van der Waals surface area contributed by atoms with Crippen molar-refractivity contribution in [3.63, 3.8) is 0 Å². The maximum absolute atomic E-state index is 13.6. The first-order valence-electron chi connectivity index (χ1n) is 24.8. The molecule has 2 aromatic carbocycles. The van der Waals surface area contributed by atoms with E-state index in [1.807, 2.05) is 94.8 Å². The van der Waals surface area contributed by atoms with Crippen LogP contribution in [0.4, 0.5) is 21.0 Å². The summed E-state index contributed by atoms with van der Waals surface area (Å²) in [5, 5.41) is 19.1. The van der Waals surface area contributed by atoms with E-state index in [0.29, 0.717) is 37.7 Å². The zero-order chi connectivity index (χ0) is 49.6. The number of hydrogen-bond acceptors (Lipinski definition) is 13. The molecular weight excluding hydrogens is 903 g/mol. The maximum Gasteiger partial charge on any atom is 0.410 e. The summed E-state index contributed by atoms with van der Waals surface area (Å²) in [7, 11) is 0. The van der Waals surface area contributed by atoms with Gasteiger partial charge in [-0.1, -0.05) is 38.1 Å². The molecule has 372 valence electrons. The number of nitrogens with one attached hydrogen (secondary N) is 2. The highest BCUT2D eigenvalue weighted by molar-refractivity contribution is 6.05. The number of piperidine rings is 2. The summed E-state index contributed by atoms with van der Waals surface area (Å²) >= 11 is 0. The number of hydrogen-bond donors (Lipinski definition) is 2. The molecule has 4 aliphatic heterocycles. The molecule has 10 rings (SSSR count). The lowest BCUT2D eigenvalue weighted by Gasteiger charge is -2.38. The Kier molecular flexibility index (Phi) is 12.9. The van der Waals surface area contributed by atoms with Crippen molar-refractivity contribution in [1.29, 1.82) is 0 Å². The number of carbonyl (C=O) groups excluding carboxylic acids is 4. The predicted octanol–water partition coefficient (Wildman–Crippen LogP) is 7.55. The van der Waals surface area contributed by atoms with Crippen LogP contribution in [-0.4, -0.2) is 120 Å². The number of rotatable bonds is 9. The van der Waals surface area contributed by atoms with Gasteiger partial charge in [0.1, 0.15) is 5.60 Å². The molecule has 3 fully saturated rings. The molecule has 0 unspecified atom stereocenters. The Labute approximate surface area is 412 Å². The van der Waals surface area contributed by atoms with Crippen molar-refractivity contribution in [2.75, 3.05) is 55.6 Å². The monoisotopic (exact) mass is 966 g/mol. The van der Waals surface area contributed by atoms with Gasteiger partial charge in [-0.25, -0.2) is 19.1 Å². The molecule has 0 bridgehead atoms. The van der Waals surface area contributed by atoms with Gasteiger partial charge in [-0.2, -0.15) is 15.2 Å². The first kappa shape index (κ1) is 47.5. The number of ether oxygens (including phenoxy) is 1. The molecular formula is C52H63N13O6. The van der Waals surface area contributed by atoms with E-state index in [-0.39, 0.29) is 30.4 Å². The van der Waals surface area contributed by atoms with E-state index in [9.17, 15) is 19.2 Å². The molecule has 71 heavy (non-hydrogen) atoms. The highest BCUT2D eigenvalue weighted by Crippen LogP contribution is 2.35. The molecule has 4 aromatic heterocycles. The molecule has 8 heterocycles. The number of urea groups is 1. The molecule has 2 N–H and O–H groups in total. The van der Waals surface area contributed by atoms with Crippen molar-refractivity contribution in [2.45, 2.75) is 110 Å². The highest BCUT2D eigenvalue weighted by Gasteiger charge is 2.33. The second-order valence-corrected chi connectivity index (χ2v) is 21.4. The van der Waals surface area contributed by atoms with Crippen LogP contribution in [-0.2, 0) is 21.5 Å². The molecule has 19 heteroatoms. The SMILES string of the molecule is CC(C)(C)OC(=O)N1CC[C@@H](NC(=O)c2nc(C(C)(C)C)no2)c2ccc(-c3nc(-c4cnn(C5CCN(CC6CCN(c7ccc(N8CCC(=O)NC8=O)cc7)CC6)CC5)c4)cn4nccc34)cc2C1. The lowest BCUT2D eigenvalue weighted by molar-refractivity contribution is -0.120. The van der Waals surface area contributed by atoms with Crippen molar-refractivity contribution in [2.24, 2.45) is 5.92 Å². The Hall–Kier alpha value is -7.15. The number of anilines is 2. The van der Waals surface area contributed by atoms with E-state index in [4.69, 9.17) is 19.3 Å². The Balaban J connectivity index is 0.799. The van der Waals surface area contributed by atoms with E-state index in [2.05, 4.69) is 58.7 Å². The van der Waals surface area contributed by atoms with Crippen LogP contribution in [0.1, 0.15) is 120 Å². The minimum atomic E-state index is -0.687. The third kappa shape index (κ3) is 10.5. The molecule has 1 atom stereocenters. The van der Waals surface area contributed by atoms with Gasteiger partial charge in [-0.15, -0.1) is 0 Å². The van der Waals surface area contributed by atoms with Crippen molar-refractivity contribution in [3.05, 3.63) is 96.2 Å². The normalized spacial score (nSPS) is 18.9. The Morgan fingerprint density at radius 1 is 0.831 bits per heavy atom. The standard InChI is InChI=1S/C52H63N13O6/c1-51(2,3)48-58-47(71-59-48)46(67)56-41-18-25-62(50(69)70-52(4,5)6)30-35-27-34(7-12-40(35)41)45-43-13-20-53-65(43)32-42(55-45)36-28-54-64(31-36)39-16-21-60(22-17-39)29-33-14-23-61(24-15-33)37-8-10-38(11-9-37)63-26-19-44(66)57-49(63)68/h7-13,20,27-28,31-33,39,41H,14-19,21-26,29-30H2,1-6H3,(H,56,67)(H,57,66,68)/t41-/m1/s1. The van der Waals surface area contributed by atoms with Crippen LogP contribution >= 0.6 is 0 Å². The maximum atomic E-state index is 13.6. The van der Waals surface area contributed by atoms with Crippen LogP contribution in [0.5, 0.6) is 0 Å². The average molecular weight is 966 g/mol. The fraction of sp³-hybridized carbons (Fsp3) is 0.481. The Morgan fingerprint density at radius 3 is 2.31 bits per heavy atom. The third-order valence-corrected chi connectivity index (χ3v) is 14.0. The first-order chi connectivity index (χ1) is 34.0. The van der Waals surface area contributed by atoms with Gasteiger partial charge in [-0.05, 0) is 106 Å². The lowest BCUT2D eigenvalue weighted by atomic mass is 9.94. The molecule has 0 spiro atoms. The second-order valence-electron chi connectivity index (χ2n) is 21.4. The fourth-order valence-electron chi connectivity index (χ4n) is 10.1. The minimum Gasteiger partial charge on any atom is -0.444 e. The number of carbonyl (C=O) groups is 4. The number of imide groups is 1. The van der Waals surface area contributed by atoms with Gasteiger partial charge >= 0.3 is 23.9 Å². The van der Waals surface area contributed by atoms with Crippen LogP contribution in [0.25, 0.3) is 28.0 Å². The summed E-state index contributed by atoms with van der Waals surface area (Å²) in [6, 6.07) is 15.6. The van der Waals surface area contributed by atoms with Gasteiger partial charge < -0.3 is 29.3 Å². The first-order valence-corrected chi connectivity index (χ1v) is 24.8. The van der Waals surface area contributed by atoms with Crippen LogP contribution in [0.2, 0.25) is 0 Å². The topological polar surface area (TPSA) is 201 Å². The minimum absolute atomic E-state index is 0.113. The Morgan fingerprint density at radius 2 is 1.59 bits per heavy atom. The highest BCUT2D eigenvalue weighted by atomic mass is 16.6. The fourth-order valence-corrected chi connectivity index (χ4v) is 10.1. The van der Waals surface area contributed by atoms with Crippen molar-refractivity contribution < 1.29 is 28.4 Å². The van der Waals surface area contributed by atoms with Gasteiger partial charge in [0.15, 0.2) is 5.82 Å². The zero-order valence-corrected chi connectivity index (χ0v) is 41.4. The van der Waals surface area contributed by atoms with Crippen LogP contribution in [0.3, 0.4) is 0 Å². The van der Waals surface area contributed by atoms with Crippen molar-refractivity contribution >= 4 is 40.8 Å². The van der Waals surface area contributed by atoms with E-state index in [0.717, 1.165) is 109 Å². The number of likely N-dealkylation sites (tertiary alicyclic amines) is 1. The molecule has 19 nitrogen and oxygen atoms in total. The molecule has 0 saturated carbocycles. The Bertz CT molecular complexity index is 2930. The number of amides is 5. The molecule has 3 saturated heterocycles. The summed E-state index contributed by atoms with van der Waals surface area (Å²) in [5.41, 5.74) is 6.62. The lowest BCUT2D eigenvalue weighted by Crippen LogP contribution is -2.49. The number of aromatic nitrogens is 7. The molecule has 0 aliphatic carbocycles. The summed E-state index contributed by atoms with van der Waals surface area (Å²) in [6.45, 7) is 17.5. The third-order valence-electron chi connectivity index (χ3n) is 14.0. The molecule has 0 radical (unpaired) electrons. The van der Waals surface area contributed by atoms with E-state index < -0.39 is 29.1 Å². The van der Waals surface area contributed by atoms with E-state index >= 15 is 0 Å². The van der Waals surface area contributed by atoms with Crippen LogP contribution in [0.15, 0.2) is 77.8 Å². The second kappa shape index (κ2) is 19.2. The van der Waals surface area contributed by atoms with Crippen molar-refractivity contribution in [3.8, 4) is 22.5 Å². The predicted molar refractivity (Wildman–Crippen MR) is 266 cm³/mol. The van der Waals surface area contributed by atoms with Crippen molar-refractivity contribution in [1.82, 2.24) is 55.0 Å². The smallest absolute Gasteiger partial charge is 0.410 e. The van der Waals surface area contributed by atoms with Gasteiger partial charge in [0.05, 0.1) is 47.6 Å². The van der Waals surface area contributed by atoms with Crippen LogP contribution < -0.4 is 20.4 Å². The van der Waals surface area contributed by atoms with E-state index in [1.54, 1.807) is 16.0 Å². The number of benzene rings is 2. The number of nitrogens with zero attached hydrogens (tertiary/aromatic N) is 11. The summed E-state index contributed by atoms with van der Waals surface area (Å²) in [4.78, 5) is 69.0. The quantitative estimate of drug-likeness (QED) is 0.144. The van der Waals surface area contributed by atoms with Gasteiger partial charge in [-0.3, -0.25) is 24.5 Å². The molecule has 5 amide bonds. The van der Waals surface area contributed by atoms with Crippen LogP contribution in [0, 0.1) is 5.92 Å². The summed E-state index contributed by atoms with van der Waals surface area (Å²) in [5.74, 6) is 0.253. The number of fused-ring (bicyclic) bond motifs is 2. The molecule has 4 aliphatic rings. The van der Waals surface area contributed by atoms with Gasteiger partial charge in [0.25, 0.3) is 0 Å². The summed E-state index contributed by atoms with van der Waals surface area (Å²) in [6.07, 6.45) is 12.3. The molecule has 6 aromatic rings. The summed E-state index contributed by atoms with van der Waals surface area (Å²) < 4.78 is 15.2. The zero-order valence-electron chi connectivity index (χ0n) is 41.4. The van der Waals surface area contributed by atoms with Gasteiger partial charge in [0, 0.05) is 92.9 Å². The average Bonchev–Trinajstić information content (AvgIpc) is 4.13. The largest absolute Gasteiger partial charge is 0.444 e.